The molecule has 0 spiro atoms. The minimum absolute atomic E-state index is 0.731. The summed E-state index contributed by atoms with van der Waals surface area (Å²) in [7, 11) is 0. The van der Waals surface area contributed by atoms with Gasteiger partial charge in [-0.05, 0) is 31.0 Å². The van der Waals surface area contributed by atoms with E-state index in [1.807, 2.05) is 12.1 Å². The van der Waals surface area contributed by atoms with Gasteiger partial charge in [0.15, 0.2) is 5.96 Å². The molecule has 15 heavy (non-hydrogen) atoms. The van der Waals surface area contributed by atoms with Gasteiger partial charge in [0.25, 0.3) is 0 Å². The molecule has 0 bridgehead atoms. The molecule has 0 aromatic heterocycles. The normalized spacial score (nSPS) is 14.7. The molecule has 2 rings (SSSR count). The molecule has 0 atom stereocenters. The van der Waals surface area contributed by atoms with Crippen molar-refractivity contribution in [2.24, 2.45) is 4.99 Å². The lowest BCUT2D eigenvalue weighted by molar-refractivity contribution is 0.959. The molecule has 0 unspecified atom stereocenters. The standard InChI is InChI=1S/C11H14ClN3/c1-7-3-4-9(12)10(8(7)2)15-11-13-5-6-14-11/h3-4H,5-6H2,1-2H3,(H2,13,14,15). The van der Waals surface area contributed by atoms with Crippen molar-refractivity contribution in [2.45, 2.75) is 13.8 Å². The van der Waals surface area contributed by atoms with Crippen molar-refractivity contribution < 1.29 is 0 Å². The first kappa shape index (κ1) is 10.3. The molecule has 0 aliphatic carbocycles. The van der Waals surface area contributed by atoms with Crippen molar-refractivity contribution in [3.05, 3.63) is 28.3 Å². The molecule has 0 fully saturated rings. The third-order valence-electron chi connectivity index (χ3n) is 2.60. The molecule has 1 aliphatic rings. The summed E-state index contributed by atoms with van der Waals surface area (Å²) in [6.07, 6.45) is 0. The van der Waals surface area contributed by atoms with Gasteiger partial charge in [-0.3, -0.25) is 4.99 Å². The van der Waals surface area contributed by atoms with Gasteiger partial charge >= 0.3 is 0 Å². The van der Waals surface area contributed by atoms with Crippen LogP contribution in [0.15, 0.2) is 17.1 Å². The number of halogens is 1. The lowest BCUT2D eigenvalue weighted by atomic mass is 10.1. The number of aryl methyl sites for hydroxylation is 1. The highest BCUT2D eigenvalue weighted by Gasteiger charge is 2.10. The number of aliphatic imine (C=N–C) groups is 1. The molecule has 80 valence electrons. The van der Waals surface area contributed by atoms with Crippen LogP contribution in [0.3, 0.4) is 0 Å². The van der Waals surface area contributed by atoms with Gasteiger partial charge in [0, 0.05) is 6.54 Å². The number of hydrogen-bond acceptors (Lipinski definition) is 3. The van der Waals surface area contributed by atoms with E-state index in [0.29, 0.717) is 0 Å². The number of hydrogen-bond donors (Lipinski definition) is 2. The lowest BCUT2D eigenvalue weighted by Crippen LogP contribution is -2.26. The van der Waals surface area contributed by atoms with E-state index in [4.69, 9.17) is 11.6 Å². The van der Waals surface area contributed by atoms with Crippen LogP contribution < -0.4 is 10.6 Å². The Labute approximate surface area is 94.5 Å². The predicted molar refractivity (Wildman–Crippen MR) is 64.9 cm³/mol. The zero-order chi connectivity index (χ0) is 10.8. The van der Waals surface area contributed by atoms with E-state index in [2.05, 4.69) is 29.5 Å². The van der Waals surface area contributed by atoms with E-state index in [1.165, 1.54) is 11.1 Å². The van der Waals surface area contributed by atoms with Gasteiger partial charge < -0.3 is 10.6 Å². The first-order valence-electron chi connectivity index (χ1n) is 4.99. The average molecular weight is 224 g/mol. The molecule has 1 heterocycles. The number of rotatable bonds is 1. The summed E-state index contributed by atoms with van der Waals surface area (Å²) in [4.78, 5) is 4.28. The van der Waals surface area contributed by atoms with Crippen LogP contribution in [0.1, 0.15) is 11.1 Å². The number of guanidine groups is 1. The second kappa shape index (κ2) is 4.11. The van der Waals surface area contributed by atoms with Gasteiger partial charge in [0.1, 0.15) is 0 Å². The maximum absolute atomic E-state index is 6.13. The molecule has 3 nitrogen and oxygen atoms in total. The Morgan fingerprint density at radius 3 is 2.87 bits per heavy atom. The second-order valence-corrected chi connectivity index (χ2v) is 4.05. The Bertz CT molecular complexity index is 413. The average Bonchev–Trinajstić information content (AvgIpc) is 2.71. The van der Waals surface area contributed by atoms with Crippen molar-refractivity contribution in [1.29, 1.82) is 0 Å². The van der Waals surface area contributed by atoms with Crippen molar-refractivity contribution in [2.75, 3.05) is 18.4 Å². The SMILES string of the molecule is Cc1ccc(Cl)c(NC2=NCCN2)c1C. The lowest BCUT2D eigenvalue weighted by Gasteiger charge is -2.13. The minimum Gasteiger partial charge on any atom is -0.354 e. The van der Waals surface area contributed by atoms with E-state index in [-0.39, 0.29) is 0 Å². The topological polar surface area (TPSA) is 36.4 Å². The molecule has 1 aromatic rings. The van der Waals surface area contributed by atoms with Gasteiger partial charge in [0.2, 0.25) is 0 Å². The van der Waals surface area contributed by atoms with Crippen LogP contribution in [0.2, 0.25) is 5.02 Å². The van der Waals surface area contributed by atoms with E-state index >= 15 is 0 Å². The summed E-state index contributed by atoms with van der Waals surface area (Å²) in [5.74, 6) is 0.811. The van der Waals surface area contributed by atoms with Crippen LogP contribution in [0.5, 0.6) is 0 Å². The highest BCUT2D eigenvalue weighted by molar-refractivity contribution is 6.34. The third kappa shape index (κ3) is 2.07. The fourth-order valence-electron chi connectivity index (χ4n) is 1.54. The molecule has 4 heteroatoms. The van der Waals surface area contributed by atoms with Gasteiger partial charge in [-0.15, -0.1) is 0 Å². The van der Waals surface area contributed by atoms with E-state index < -0.39 is 0 Å². The molecular formula is C11H14ClN3. The first-order valence-corrected chi connectivity index (χ1v) is 5.37. The first-order chi connectivity index (χ1) is 7.18. The van der Waals surface area contributed by atoms with Gasteiger partial charge in [-0.2, -0.15) is 0 Å². The summed E-state index contributed by atoms with van der Waals surface area (Å²) in [6, 6.07) is 3.93. The monoisotopic (exact) mass is 223 g/mol. The minimum atomic E-state index is 0.731. The Hall–Kier alpha value is -1.22. The summed E-state index contributed by atoms with van der Waals surface area (Å²) in [5, 5.41) is 7.12. The molecule has 0 amide bonds. The fraction of sp³-hybridized carbons (Fsp3) is 0.364. The number of nitrogens with zero attached hydrogens (tertiary/aromatic N) is 1. The second-order valence-electron chi connectivity index (χ2n) is 3.65. The largest absolute Gasteiger partial charge is 0.354 e. The molecule has 1 aromatic carbocycles. The smallest absolute Gasteiger partial charge is 0.195 e. The fourth-order valence-corrected chi connectivity index (χ4v) is 1.79. The van der Waals surface area contributed by atoms with Crippen molar-refractivity contribution >= 4 is 23.2 Å². The van der Waals surface area contributed by atoms with Crippen molar-refractivity contribution in [1.82, 2.24) is 5.32 Å². The number of anilines is 1. The van der Waals surface area contributed by atoms with Crippen molar-refractivity contribution in [3.8, 4) is 0 Å². The summed E-state index contributed by atoms with van der Waals surface area (Å²) < 4.78 is 0. The van der Waals surface area contributed by atoms with Gasteiger partial charge in [-0.25, -0.2) is 0 Å². The summed E-state index contributed by atoms with van der Waals surface area (Å²) in [6.45, 7) is 5.84. The molecule has 1 aliphatic heterocycles. The molecule has 2 N–H and O–H groups in total. The van der Waals surface area contributed by atoms with E-state index in [0.717, 1.165) is 29.8 Å². The Kier molecular flexibility index (Phi) is 2.82. The molecule has 0 saturated heterocycles. The highest BCUT2D eigenvalue weighted by atomic mass is 35.5. The van der Waals surface area contributed by atoms with Gasteiger partial charge in [-0.1, -0.05) is 17.7 Å². The molecule has 0 radical (unpaired) electrons. The van der Waals surface area contributed by atoms with Crippen molar-refractivity contribution in [3.63, 3.8) is 0 Å². The number of benzene rings is 1. The van der Waals surface area contributed by atoms with Crippen LogP contribution in [0.4, 0.5) is 5.69 Å². The van der Waals surface area contributed by atoms with E-state index in [1.54, 1.807) is 0 Å². The van der Waals surface area contributed by atoms with Crippen LogP contribution in [-0.4, -0.2) is 19.0 Å². The summed E-state index contributed by atoms with van der Waals surface area (Å²) >= 11 is 6.13. The zero-order valence-corrected chi connectivity index (χ0v) is 9.65. The molecule has 0 saturated carbocycles. The quantitative estimate of drug-likeness (QED) is 0.767. The Balaban J connectivity index is 2.30. The third-order valence-corrected chi connectivity index (χ3v) is 2.92. The van der Waals surface area contributed by atoms with Crippen LogP contribution in [0, 0.1) is 13.8 Å². The zero-order valence-electron chi connectivity index (χ0n) is 8.89. The molecular weight excluding hydrogens is 210 g/mol. The van der Waals surface area contributed by atoms with E-state index in [9.17, 15) is 0 Å². The summed E-state index contributed by atoms with van der Waals surface area (Å²) in [5.41, 5.74) is 3.34. The van der Waals surface area contributed by atoms with Crippen LogP contribution in [-0.2, 0) is 0 Å². The Morgan fingerprint density at radius 2 is 2.20 bits per heavy atom. The van der Waals surface area contributed by atoms with Crippen LogP contribution >= 0.6 is 11.6 Å². The Morgan fingerprint density at radius 1 is 1.40 bits per heavy atom. The maximum Gasteiger partial charge on any atom is 0.195 e. The van der Waals surface area contributed by atoms with Crippen LogP contribution in [0.25, 0.3) is 0 Å². The van der Waals surface area contributed by atoms with Gasteiger partial charge in [0.05, 0.1) is 17.3 Å². The highest BCUT2D eigenvalue weighted by Crippen LogP contribution is 2.27. The maximum atomic E-state index is 6.13. The number of nitrogens with one attached hydrogen (secondary N) is 2. The predicted octanol–water partition coefficient (Wildman–Crippen LogP) is 2.33.